The van der Waals surface area contributed by atoms with Gasteiger partial charge in [-0.1, -0.05) is 6.07 Å². The monoisotopic (exact) mass is 853 g/mol. The smallest absolute Gasteiger partial charge is 0.229 e. The van der Waals surface area contributed by atoms with Crippen LogP contribution in [0.3, 0.4) is 0 Å². The van der Waals surface area contributed by atoms with Crippen LogP contribution in [0.15, 0.2) is 71.7 Å². The maximum Gasteiger partial charge on any atom is 0.229 e. The third-order valence-corrected chi connectivity index (χ3v) is 13.3. The zero-order chi connectivity index (χ0) is 39.8. The van der Waals surface area contributed by atoms with Crippen molar-refractivity contribution in [3.05, 3.63) is 71.7 Å². The molecule has 6 aromatic rings. The Bertz CT molecular complexity index is 2380. The Morgan fingerprint density at radius 2 is 1.72 bits per heavy atom. The lowest BCUT2D eigenvalue weighted by Crippen LogP contribution is -2.52. The number of likely N-dealkylation sites (N-methyl/N-ethyl adjacent to an activating group) is 1. The molecule has 2 aliphatic heterocycles. The number of nitrogens with zero attached hydrogens (tertiary/aromatic N) is 10. The van der Waals surface area contributed by atoms with E-state index in [4.69, 9.17) is 14.8 Å². The van der Waals surface area contributed by atoms with Crippen LogP contribution in [0.2, 0.25) is 0 Å². The summed E-state index contributed by atoms with van der Waals surface area (Å²) < 4.78 is 10.4. The second-order valence-electron chi connectivity index (χ2n) is 15.3. The molecular formula is C41H51BrN12O2P+. The zero-order valence-electron chi connectivity index (χ0n) is 33.4. The lowest BCUT2D eigenvalue weighted by molar-refractivity contribution is 0.0982. The number of nitrogens with one attached hydrogen (secondary N) is 2. The molecule has 0 atom stereocenters. The predicted molar refractivity (Wildman–Crippen MR) is 235 cm³/mol. The fourth-order valence-corrected chi connectivity index (χ4v) is 9.43. The van der Waals surface area contributed by atoms with Crippen molar-refractivity contribution in [1.29, 1.82) is 0 Å². The van der Waals surface area contributed by atoms with Crippen LogP contribution in [0.1, 0.15) is 19.8 Å². The van der Waals surface area contributed by atoms with Crippen LogP contribution in [-0.2, 0) is 13.6 Å². The molecule has 0 bridgehead atoms. The highest BCUT2D eigenvalue weighted by molar-refractivity contribution is 9.10. The van der Waals surface area contributed by atoms with E-state index in [0.717, 1.165) is 114 Å². The number of piperazine rings is 1. The maximum absolute atomic E-state index is 11.5. The Balaban J connectivity index is 1.08. The van der Waals surface area contributed by atoms with Crippen LogP contribution in [0.5, 0.6) is 5.75 Å². The molecule has 0 unspecified atom stereocenters. The minimum atomic E-state index is -2.52. The molecule has 3 N–H and O–H groups in total. The number of aryl methyl sites for hydroxylation is 2. The van der Waals surface area contributed by atoms with Gasteiger partial charge in [-0.15, -0.1) is 0 Å². The van der Waals surface area contributed by atoms with E-state index in [-0.39, 0.29) is 0 Å². The van der Waals surface area contributed by atoms with Gasteiger partial charge in [-0.2, -0.15) is 15.2 Å². The van der Waals surface area contributed by atoms with Crippen molar-refractivity contribution in [3.63, 3.8) is 0 Å². The summed E-state index contributed by atoms with van der Waals surface area (Å²) >= 11 is 3.66. The molecular weight excluding hydrogens is 803 g/mol. The lowest BCUT2D eigenvalue weighted by Gasteiger charge is -2.43. The summed E-state index contributed by atoms with van der Waals surface area (Å²) in [6.45, 7) is 13.1. The van der Waals surface area contributed by atoms with Crippen molar-refractivity contribution in [3.8, 4) is 28.1 Å². The highest BCUT2D eigenvalue weighted by Gasteiger charge is 2.32. The number of anilines is 5. The molecule has 2 saturated heterocycles. The summed E-state index contributed by atoms with van der Waals surface area (Å²) in [5.74, 6) is 1.63. The number of aromatic nitrogens is 7. The van der Waals surface area contributed by atoms with Crippen LogP contribution in [0, 0.1) is 0 Å². The number of hydrogen-bond acceptors (Lipinski definition) is 12. The van der Waals surface area contributed by atoms with Crippen molar-refractivity contribution in [2.75, 3.05) is 82.3 Å². The molecule has 0 saturated carbocycles. The lowest BCUT2D eigenvalue weighted by atomic mass is 9.98. The molecule has 16 heteroatoms. The number of benzene rings is 2. The number of fused-ring (bicyclic) bond motifs is 1. The van der Waals surface area contributed by atoms with Gasteiger partial charge in [-0.05, 0) is 73.1 Å². The van der Waals surface area contributed by atoms with Gasteiger partial charge in [-0.25, -0.2) is 19.5 Å². The summed E-state index contributed by atoms with van der Waals surface area (Å²) in [5.41, 5.74) is 7.24. The summed E-state index contributed by atoms with van der Waals surface area (Å²) in [6.07, 6.45) is 9.78. The van der Waals surface area contributed by atoms with E-state index in [1.54, 1.807) is 24.2 Å². The first-order valence-corrected chi connectivity index (χ1v) is 22.9. The Kier molecular flexibility index (Phi) is 11.2. The van der Waals surface area contributed by atoms with Crippen LogP contribution >= 0.6 is 23.4 Å². The molecule has 0 radical (unpaired) electrons. The van der Waals surface area contributed by atoms with Crippen molar-refractivity contribution in [2.24, 2.45) is 7.05 Å². The highest BCUT2D eigenvalue weighted by Crippen LogP contribution is 2.48. The second-order valence-corrected chi connectivity index (χ2v) is 19.5. The number of hydrogen-bond donors (Lipinski definition) is 3. The fraction of sp³-hybridized carbons (Fsp3) is 0.390. The van der Waals surface area contributed by atoms with Gasteiger partial charge in [0.1, 0.15) is 16.7 Å². The van der Waals surface area contributed by atoms with Gasteiger partial charge >= 0.3 is 0 Å². The van der Waals surface area contributed by atoms with Crippen molar-refractivity contribution in [1.82, 2.24) is 44.3 Å². The molecule has 6 heterocycles. The minimum Gasteiger partial charge on any atom is -0.494 e. The summed E-state index contributed by atoms with van der Waals surface area (Å²) in [4.78, 5) is 33.2. The third kappa shape index (κ3) is 8.22. The molecule has 0 spiro atoms. The molecule has 0 amide bonds. The number of rotatable bonds is 11. The van der Waals surface area contributed by atoms with E-state index in [9.17, 15) is 4.89 Å². The number of ether oxygens (including phenoxy) is 1. The highest BCUT2D eigenvalue weighted by atomic mass is 79.9. The van der Waals surface area contributed by atoms with E-state index in [0.29, 0.717) is 28.0 Å². The standard InChI is InChI=1S/C41H51BrN12O2P/c1-7-54-26-28(24-45-54)31-22-34(36(56-4)23-35(31)53-15-12-29(13-16-53)52-19-17-50(2)18-20-52)47-41-44-25-32(42)39(48-41)46-33-11-10-27(21-37(33)57(5,6)55)38-30-9-8-14-43-40(30)51(3)49-38/h8-11,14,21-26,29,55H,7,12-13,15-20H2,1-6H3,(H2,44,46,47,48)/q+1. The zero-order valence-corrected chi connectivity index (χ0v) is 35.9. The Labute approximate surface area is 342 Å². The number of methoxy groups -OCH3 is 1. The molecule has 0 aliphatic carbocycles. The van der Waals surface area contributed by atoms with Gasteiger partial charge < -0.3 is 25.2 Å². The van der Waals surface area contributed by atoms with Gasteiger partial charge in [0.05, 0.1) is 42.5 Å². The largest absolute Gasteiger partial charge is 0.494 e. The number of piperidine rings is 1. The first-order chi connectivity index (χ1) is 27.5. The summed E-state index contributed by atoms with van der Waals surface area (Å²) in [7, 11) is 3.28. The fourth-order valence-electron chi connectivity index (χ4n) is 7.97. The molecule has 57 heavy (non-hydrogen) atoms. The molecule has 14 nitrogen and oxygen atoms in total. The topological polar surface area (TPSA) is 138 Å². The van der Waals surface area contributed by atoms with Gasteiger partial charge in [0.15, 0.2) is 19.0 Å². The van der Waals surface area contributed by atoms with Gasteiger partial charge in [0.25, 0.3) is 0 Å². The van der Waals surface area contributed by atoms with Gasteiger partial charge in [-0.3, -0.25) is 9.58 Å². The number of pyridine rings is 1. The van der Waals surface area contributed by atoms with E-state index >= 15 is 0 Å². The SMILES string of the molecule is CCn1cc(-c2cc(Nc3ncc(Br)c(Nc4ccc(-c5nn(C)c6ncccc56)cc4[P+](C)(C)O)n3)c(OC)cc2N2CCC(N3CCN(C)CC3)CC2)cn1. The van der Waals surface area contributed by atoms with Crippen molar-refractivity contribution in [2.45, 2.75) is 32.4 Å². The molecule has 4 aromatic heterocycles. The Hall–Kier alpha value is -4.66. The van der Waals surface area contributed by atoms with Crippen LogP contribution < -0.4 is 25.6 Å². The molecule has 2 aliphatic rings. The van der Waals surface area contributed by atoms with Crippen molar-refractivity contribution < 1.29 is 9.63 Å². The predicted octanol–water partition coefficient (Wildman–Crippen LogP) is 6.59. The Morgan fingerprint density at radius 3 is 2.44 bits per heavy atom. The second kappa shape index (κ2) is 16.3. The maximum atomic E-state index is 11.5. The van der Waals surface area contributed by atoms with Crippen LogP contribution in [-0.4, -0.2) is 122 Å². The van der Waals surface area contributed by atoms with E-state index < -0.39 is 7.49 Å². The normalized spacial score (nSPS) is 16.0. The third-order valence-electron chi connectivity index (χ3n) is 11.1. The summed E-state index contributed by atoms with van der Waals surface area (Å²) in [5, 5.41) is 18.1. The molecule has 8 rings (SSSR count). The average molecular weight is 855 g/mol. The van der Waals surface area contributed by atoms with E-state index in [2.05, 4.69) is 88.6 Å². The first-order valence-electron chi connectivity index (χ1n) is 19.5. The van der Waals surface area contributed by atoms with E-state index in [1.807, 2.05) is 61.6 Å². The minimum absolute atomic E-state index is 0.388. The molecule has 2 aromatic carbocycles. The summed E-state index contributed by atoms with van der Waals surface area (Å²) in [6, 6.07) is 14.8. The van der Waals surface area contributed by atoms with Gasteiger partial charge in [0.2, 0.25) is 5.95 Å². The van der Waals surface area contributed by atoms with E-state index in [1.165, 1.54) is 0 Å². The van der Waals surface area contributed by atoms with Crippen molar-refractivity contribution >= 4 is 68.6 Å². The van der Waals surface area contributed by atoms with Crippen LogP contribution in [0.25, 0.3) is 33.4 Å². The molecule has 298 valence electrons. The Morgan fingerprint density at radius 1 is 0.930 bits per heavy atom. The molecule has 2 fully saturated rings. The quantitative estimate of drug-likeness (QED) is 0.121. The number of halogens is 1. The van der Waals surface area contributed by atoms with Crippen LogP contribution in [0.4, 0.5) is 28.8 Å². The van der Waals surface area contributed by atoms with Gasteiger partial charge in [0, 0.05) is 111 Å². The first kappa shape index (κ1) is 39.2. The average Bonchev–Trinajstić information content (AvgIpc) is 3.84.